The predicted molar refractivity (Wildman–Crippen MR) is 90.4 cm³/mol. The highest BCUT2D eigenvalue weighted by Gasteiger charge is 2.37. The lowest BCUT2D eigenvalue weighted by Crippen LogP contribution is -2.47. The summed E-state index contributed by atoms with van der Waals surface area (Å²) in [6.45, 7) is 1.91. The van der Waals surface area contributed by atoms with Gasteiger partial charge in [0, 0.05) is 15.2 Å². The minimum Gasteiger partial charge on any atom is -0.367 e. The highest BCUT2D eigenvalue weighted by molar-refractivity contribution is 9.10. The van der Waals surface area contributed by atoms with Crippen molar-refractivity contribution in [1.82, 2.24) is 0 Å². The second-order valence-corrected chi connectivity index (χ2v) is 6.03. The summed E-state index contributed by atoms with van der Waals surface area (Å²) in [6.07, 6.45) is 0.504. The molecule has 0 heterocycles. The molecule has 2 rings (SSSR count). The van der Waals surface area contributed by atoms with E-state index >= 15 is 0 Å². The van der Waals surface area contributed by atoms with Crippen LogP contribution in [0, 0.1) is 0 Å². The van der Waals surface area contributed by atoms with E-state index in [0.717, 1.165) is 15.7 Å². The molecule has 2 aromatic rings. The largest absolute Gasteiger partial charge is 0.367 e. The molecule has 0 spiro atoms. The lowest BCUT2D eigenvalue weighted by atomic mass is 9.86. The van der Waals surface area contributed by atoms with Crippen molar-refractivity contribution in [2.45, 2.75) is 18.9 Å². The van der Waals surface area contributed by atoms with Gasteiger partial charge in [0.15, 0.2) is 0 Å². The van der Waals surface area contributed by atoms with Crippen LogP contribution in [0.4, 0.5) is 5.69 Å². The fraction of sp³-hybridized carbons (Fsp3) is 0.188. The molecule has 1 amide bonds. The first kappa shape index (κ1) is 15.9. The van der Waals surface area contributed by atoms with E-state index in [1.807, 2.05) is 43.3 Å². The van der Waals surface area contributed by atoms with E-state index in [1.165, 1.54) is 0 Å². The van der Waals surface area contributed by atoms with Crippen LogP contribution in [0.25, 0.3) is 0 Å². The van der Waals surface area contributed by atoms with Gasteiger partial charge in [-0.1, -0.05) is 42.8 Å². The first-order valence-corrected chi connectivity index (χ1v) is 7.75. The molecule has 0 fully saturated rings. The monoisotopic (exact) mass is 366 g/mol. The Kier molecular flexibility index (Phi) is 4.91. The van der Waals surface area contributed by atoms with E-state index in [4.69, 9.17) is 17.3 Å². The number of nitrogens with two attached hydrogens (primary N) is 1. The van der Waals surface area contributed by atoms with Gasteiger partial charge in [0.2, 0.25) is 5.91 Å². The Morgan fingerprint density at radius 3 is 2.57 bits per heavy atom. The number of rotatable bonds is 5. The second-order valence-electron chi connectivity index (χ2n) is 4.74. The highest BCUT2D eigenvalue weighted by atomic mass is 79.9. The number of para-hydroxylation sites is 1. The number of carbonyl (C=O) groups is 1. The SMILES string of the molecule is CCC(Nc1ccccc1Br)(C(N)=O)c1cccc(Cl)c1. The van der Waals surface area contributed by atoms with Crippen molar-refractivity contribution in [2.24, 2.45) is 5.73 Å². The zero-order chi connectivity index (χ0) is 15.5. The Labute approximate surface area is 137 Å². The summed E-state index contributed by atoms with van der Waals surface area (Å²) >= 11 is 9.53. The molecule has 21 heavy (non-hydrogen) atoms. The third-order valence-electron chi connectivity index (χ3n) is 3.49. The van der Waals surface area contributed by atoms with Crippen LogP contribution >= 0.6 is 27.5 Å². The maximum Gasteiger partial charge on any atom is 0.247 e. The molecule has 0 radical (unpaired) electrons. The number of nitrogens with one attached hydrogen (secondary N) is 1. The predicted octanol–water partition coefficient (Wildman–Crippen LogP) is 4.31. The Bertz CT molecular complexity index is 662. The average molecular weight is 368 g/mol. The third kappa shape index (κ3) is 3.22. The van der Waals surface area contributed by atoms with Crippen LogP contribution < -0.4 is 11.1 Å². The molecule has 3 N–H and O–H groups in total. The normalized spacial score (nSPS) is 13.5. The zero-order valence-electron chi connectivity index (χ0n) is 11.6. The molecule has 0 aromatic heterocycles. The first-order valence-electron chi connectivity index (χ1n) is 6.58. The smallest absolute Gasteiger partial charge is 0.247 e. The Morgan fingerprint density at radius 1 is 1.29 bits per heavy atom. The summed E-state index contributed by atoms with van der Waals surface area (Å²) in [6, 6.07) is 14.8. The summed E-state index contributed by atoms with van der Waals surface area (Å²) in [5.41, 5.74) is 6.25. The molecule has 0 aliphatic carbocycles. The summed E-state index contributed by atoms with van der Waals surface area (Å²) in [5.74, 6) is -0.442. The fourth-order valence-electron chi connectivity index (χ4n) is 2.29. The standard InChI is InChI=1S/C16H16BrClN2O/c1-2-16(15(19)21,11-6-5-7-12(18)10-11)20-14-9-4-3-8-13(14)17/h3-10,20H,2H2,1H3,(H2,19,21). The summed E-state index contributed by atoms with van der Waals surface area (Å²) < 4.78 is 0.867. The van der Waals surface area contributed by atoms with Gasteiger partial charge in [0.1, 0.15) is 5.54 Å². The minimum atomic E-state index is -1.01. The molecule has 5 heteroatoms. The van der Waals surface area contributed by atoms with Crippen molar-refractivity contribution in [1.29, 1.82) is 0 Å². The lowest BCUT2D eigenvalue weighted by molar-refractivity contribution is -0.122. The summed E-state index contributed by atoms with van der Waals surface area (Å²) in [5, 5.41) is 3.84. The van der Waals surface area contributed by atoms with Crippen LogP contribution in [0.3, 0.4) is 0 Å². The molecule has 1 atom stereocenters. The average Bonchev–Trinajstić information content (AvgIpc) is 2.46. The van der Waals surface area contributed by atoms with Crippen molar-refractivity contribution in [3.8, 4) is 0 Å². The minimum absolute atomic E-state index is 0.442. The first-order chi connectivity index (χ1) is 9.99. The van der Waals surface area contributed by atoms with Gasteiger partial charge in [-0.05, 0) is 52.2 Å². The van der Waals surface area contributed by atoms with Crippen LogP contribution in [0.2, 0.25) is 5.02 Å². The Morgan fingerprint density at radius 2 is 2.00 bits per heavy atom. The lowest BCUT2D eigenvalue weighted by Gasteiger charge is -2.32. The topological polar surface area (TPSA) is 55.1 Å². The van der Waals surface area contributed by atoms with Gasteiger partial charge in [-0.15, -0.1) is 0 Å². The van der Waals surface area contributed by atoms with Gasteiger partial charge < -0.3 is 11.1 Å². The zero-order valence-corrected chi connectivity index (χ0v) is 13.9. The number of hydrogen-bond donors (Lipinski definition) is 2. The summed E-state index contributed by atoms with van der Waals surface area (Å²) in [4.78, 5) is 12.2. The van der Waals surface area contributed by atoms with E-state index < -0.39 is 11.4 Å². The molecular weight excluding hydrogens is 352 g/mol. The maximum absolute atomic E-state index is 12.2. The van der Waals surface area contributed by atoms with Crippen LogP contribution in [-0.4, -0.2) is 5.91 Å². The van der Waals surface area contributed by atoms with Crippen molar-refractivity contribution in [3.63, 3.8) is 0 Å². The molecule has 0 aliphatic heterocycles. The molecule has 3 nitrogen and oxygen atoms in total. The molecule has 0 bridgehead atoms. The number of anilines is 1. The fourth-order valence-corrected chi connectivity index (χ4v) is 2.86. The molecule has 2 aromatic carbocycles. The molecular formula is C16H16BrClN2O. The Balaban J connectivity index is 2.53. The van der Waals surface area contributed by atoms with Crippen molar-refractivity contribution >= 4 is 39.1 Å². The molecule has 0 aliphatic rings. The van der Waals surface area contributed by atoms with E-state index in [0.29, 0.717) is 11.4 Å². The van der Waals surface area contributed by atoms with E-state index in [1.54, 1.807) is 12.1 Å². The van der Waals surface area contributed by atoms with E-state index in [-0.39, 0.29) is 0 Å². The highest BCUT2D eigenvalue weighted by Crippen LogP contribution is 2.34. The van der Waals surface area contributed by atoms with Crippen LogP contribution in [-0.2, 0) is 10.3 Å². The van der Waals surface area contributed by atoms with Gasteiger partial charge in [-0.25, -0.2) is 0 Å². The second kappa shape index (κ2) is 6.50. The van der Waals surface area contributed by atoms with Crippen LogP contribution in [0.5, 0.6) is 0 Å². The van der Waals surface area contributed by atoms with E-state index in [2.05, 4.69) is 21.2 Å². The van der Waals surface area contributed by atoms with Crippen molar-refractivity contribution in [2.75, 3.05) is 5.32 Å². The Hall–Kier alpha value is -1.52. The van der Waals surface area contributed by atoms with Crippen LogP contribution in [0.15, 0.2) is 53.0 Å². The van der Waals surface area contributed by atoms with Gasteiger partial charge in [0.25, 0.3) is 0 Å². The maximum atomic E-state index is 12.2. The number of carbonyl (C=O) groups excluding carboxylic acids is 1. The quantitative estimate of drug-likeness (QED) is 0.827. The van der Waals surface area contributed by atoms with Crippen molar-refractivity contribution in [3.05, 3.63) is 63.6 Å². The van der Waals surface area contributed by atoms with Gasteiger partial charge in [-0.3, -0.25) is 4.79 Å². The number of halogens is 2. The molecule has 0 saturated heterocycles. The molecule has 110 valence electrons. The molecule has 0 saturated carbocycles. The van der Waals surface area contributed by atoms with Gasteiger partial charge >= 0.3 is 0 Å². The summed E-state index contributed by atoms with van der Waals surface area (Å²) in [7, 11) is 0. The van der Waals surface area contributed by atoms with Crippen LogP contribution in [0.1, 0.15) is 18.9 Å². The third-order valence-corrected chi connectivity index (χ3v) is 4.42. The van der Waals surface area contributed by atoms with E-state index in [9.17, 15) is 4.79 Å². The van der Waals surface area contributed by atoms with Gasteiger partial charge in [0.05, 0.1) is 0 Å². The number of hydrogen-bond acceptors (Lipinski definition) is 2. The van der Waals surface area contributed by atoms with Crippen molar-refractivity contribution < 1.29 is 4.79 Å². The van der Waals surface area contributed by atoms with Gasteiger partial charge in [-0.2, -0.15) is 0 Å². The number of primary amides is 1. The number of benzene rings is 2. The molecule has 1 unspecified atom stereocenters. The number of amides is 1.